The molecular formula is C13H14N2O2S. The van der Waals surface area contributed by atoms with E-state index < -0.39 is 0 Å². The highest BCUT2D eigenvalue weighted by Gasteiger charge is 2.12. The number of thiazole rings is 1. The molecule has 0 saturated heterocycles. The first kappa shape index (κ1) is 12.7. The molecule has 1 aromatic carbocycles. The Kier molecular flexibility index (Phi) is 3.72. The molecule has 0 aliphatic heterocycles. The second kappa shape index (κ2) is 5.27. The first-order valence-electron chi connectivity index (χ1n) is 5.81. The monoisotopic (exact) mass is 262 g/mol. The van der Waals surface area contributed by atoms with Crippen molar-refractivity contribution in [2.75, 3.05) is 0 Å². The van der Waals surface area contributed by atoms with E-state index in [-0.39, 0.29) is 10.6 Å². The third kappa shape index (κ3) is 2.56. The molecule has 0 aliphatic carbocycles. The quantitative estimate of drug-likeness (QED) is 0.618. The van der Waals surface area contributed by atoms with E-state index in [1.54, 1.807) is 23.5 Å². The highest BCUT2D eigenvalue weighted by atomic mass is 32.1. The Morgan fingerprint density at radius 1 is 1.44 bits per heavy atom. The van der Waals surface area contributed by atoms with E-state index in [1.807, 2.05) is 12.3 Å². The van der Waals surface area contributed by atoms with Gasteiger partial charge in [0.15, 0.2) is 0 Å². The zero-order valence-corrected chi connectivity index (χ0v) is 11.2. The summed E-state index contributed by atoms with van der Waals surface area (Å²) < 4.78 is 0. The van der Waals surface area contributed by atoms with Gasteiger partial charge in [0, 0.05) is 23.1 Å². The van der Waals surface area contributed by atoms with Crippen molar-refractivity contribution in [3.05, 3.63) is 45.0 Å². The number of non-ortho nitro benzene ring substituents is 1. The van der Waals surface area contributed by atoms with E-state index in [0.29, 0.717) is 0 Å². The second-order valence-corrected chi connectivity index (χ2v) is 5.01. The molecule has 94 valence electrons. The van der Waals surface area contributed by atoms with E-state index in [1.165, 1.54) is 6.07 Å². The van der Waals surface area contributed by atoms with Crippen LogP contribution in [0.2, 0.25) is 0 Å². The number of aromatic nitrogens is 1. The van der Waals surface area contributed by atoms with Crippen molar-refractivity contribution in [1.29, 1.82) is 0 Å². The topological polar surface area (TPSA) is 56.0 Å². The lowest BCUT2D eigenvalue weighted by molar-refractivity contribution is -0.384. The van der Waals surface area contributed by atoms with Crippen LogP contribution in [0.25, 0.3) is 10.6 Å². The van der Waals surface area contributed by atoms with Gasteiger partial charge >= 0.3 is 0 Å². The molecule has 0 radical (unpaired) electrons. The van der Waals surface area contributed by atoms with Gasteiger partial charge in [0.1, 0.15) is 5.01 Å². The second-order valence-electron chi connectivity index (χ2n) is 4.15. The number of hydrogen-bond acceptors (Lipinski definition) is 4. The molecule has 0 bridgehead atoms. The van der Waals surface area contributed by atoms with Crippen molar-refractivity contribution in [2.24, 2.45) is 0 Å². The van der Waals surface area contributed by atoms with Crippen molar-refractivity contribution in [1.82, 2.24) is 4.98 Å². The molecule has 18 heavy (non-hydrogen) atoms. The lowest BCUT2D eigenvalue weighted by atomic mass is 10.1. The number of nitrogens with zero attached hydrogens (tertiary/aromatic N) is 2. The van der Waals surface area contributed by atoms with Gasteiger partial charge in [-0.3, -0.25) is 10.1 Å². The molecule has 0 unspecified atom stereocenters. The van der Waals surface area contributed by atoms with Crippen LogP contribution in [0.5, 0.6) is 0 Å². The average Bonchev–Trinajstić information content (AvgIpc) is 2.78. The molecule has 0 atom stereocenters. The zero-order chi connectivity index (χ0) is 13.1. The van der Waals surface area contributed by atoms with Crippen LogP contribution in [0.15, 0.2) is 23.6 Å². The Labute approximate surface area is 109 Å². The Hall–Kier alpha value is -1.75. The SMILES string of the molecule is CCCc1csc(-c2cc([N+](=O)[O-])ccc2C)n1. The number of hydrogen-bond donors (Lipinski definition) is 0. The summed E-state index contributed by atoms with van der Waals surface area (Å²) >= 11 is 1.54. The molecule has 2 aromatic rings. The Morgan fingerprint density at radius 3 is 2.89 bits per heavy atom. The van der Waals surface area contributed by atoms with Crippen LogP contribution in [0.4, 0.5) is 5.69 Å². The van der Waals surface area contributed by atoms with E-state index in [4.69, 9.17) is 0 Å². The maximum Gasteiger partial charge on any atom is 0.270 e. The van der Waals surface area contributed by atoms with Gasteiger partial charge in [-0.2, -0.15) is 0 Å². The van der Waals surface area contributed by atoms with Crippen LogP contribution in [-0.4, -0.2) is 9.91 Å². The lowest BCUT2D eigenvalue weighted by Crippen LogP contribution is -1.91. The van der Waals surface area contributed by atoms with Crippen LogP contribution in [-0.2, 0) is 6.42 Å². The molecular weight excluding hydrogens is 248 g/mol. The molecule has 1 heterocycles. The van der Waals surface area contributed by atoms with Crippen LogP contribution in [0, 0.1) is 17.0 Å². The number of aryl methyl sites for hydroxylation is 2. The van der Waals surface area contributed by atoms with Crippen molar-refractivity contribution in [3.63, 3.8) is 0 Å². The van der Waals surface area contributed by atoms with E-state index in [9.17, 15) is 10.1 Å². The van der Waals surface area contributed by atoms with Gasteiger partial charge in [0.25, 0.3) is 5.69 Å². The summed E-state index contributed by atoms with van der Waals surface area (Å²) in [5.74, 6) is 0. The standard InChI is InChI=1S/C13H14N2O2S/c1-3-4-10-8-18-13(14-10)12-7-11(15(16)17)6-5-9(12)2/h5-8H,3-4H2,1-2H3. The van der Waals surface area contributed by atoms with E-state index in [2.05, 4.69) is 11.9 Å². The first-order valence-corrected chi connectivity index (χ1v) is 6.69. The van der Waals surface area contributed by atoms with Gasteiger partial charge in [0.2, 0.25) is 0 Å². The summed E-state index contributed by atoms with van der Waals surface area (Å²) in [7, 11) is 0. The molecule has 1 aromatic heterocycles. The molecule has 0 saturated carbocycles. The zero-order valence-electron chi connectivity index (χ0n) is 10.3. The fraction of sp³-hybridized carbons (Fsp3) is 0.308. The smallest absolute Gasteiger partial charge is 0.258 e. The van der Waals surface area contributed by atoms with Crippen LogP contribution in [0.1, 0.15) is 24.6 Å². The predicted molar refractivity (Wildman–Crippen MR) is 72.9 cm³/mol. The number of nitro benzene ring substituents is 1. The van der Waals surface area contributed by atoms with Gasteiger partial charge < -0.3 is 0 Å². The molecule has 4 nitrogen and oxygen atoms in total. The van der Waals surface area contributed by atoms with Crippen molar-refractivity contribution < 1.29 is 4.92 Å². The summed E-state index contributed by atoms with van der Waals surface area (Å²) in [6.45, 7) is 4.05. The number of nitro groups is 1. The van der Waals surface area contributed by atoms with Gasteiger partial charge in [0.05, 0.1) is 10.6 Å². The summed E-state index contributed by atoms with van der Waals surface area (Å²) in [6, 6.07) is 4.90. The van der Waals surface area contributed by atoms with Crippen LogP contribution < -0.4 is 0 Å². The number of benzene rings is 1. The normalized spacial score (nSPS) is 10.6. The third-order valence-corrected chi connectivity index (χ3v) is 3.64. The Bertz CT molecular complexity index is 578. The molecule has 0 spiro atoms. The van der Waals surface area contributed by atoms with Crippen molar-refractivity contribution in [3.8, 4) is 10.6 Å². The largest absolute Gasteiger partial charge is 0.270 e. The molecule has 5 heteroatoms. The minimum atomic E-state index is -0.372. The summed E-state index contributed by atoms with van der Waals surface area (Å²) in [4.78, 5) is 14.9. The Morgan fingerprint density at radius 2 is 2.22 bits per heavy atom. The Balaban J connectivity index is 2.41. The van der Waals surface area contributed by atoms with Gasteiger partial charge in [-0.15, -0.1) is 11.3 Å². The van der Waals surface area contributed by atoms with Crippen LogP contribution in [0.3, 0.4) is 0 Å². The maximum absolute atomic E-state index is 10.8. The van der Waals surface area contributed by atoms with Crippen molar-refractivity contribution >= 4 is 17.0 Å². The predicted octanol–water partition coefficient (Wildman–Crippen LogP) is 3.98. The molecule has 0 amide bonds. The maximum atomic E-state index is 10.8. The minimum absolute atomic E-state index is 0.114. The summed E-state index contributed by atoms with van der Waals surface area (Å²) in [5.41, 5.74) is 3.04. The van der Waals surface area contributed by atoms with Crippen LogP contribution >= 0.6 is 11.3 Å². The molecule has 0 aliphatic rings. The number of rotatable bonds is 4. The van der Waals surface area contributed by atoms with Crippen molar-refractivity contribution in [2.45, 2.75) is 26.7 Å². The fourth-order valence-electron chi connectivity index (χ4n) is 1.76. The van der Waals surface area contributed by atoms with Gasteiger partial charge in [-0.25, -0.2) is 4.98 Å². The third-order valence-electron chi connectivity index (χ3n) is 2.72. The molecule has 0 N–H and O–H groups in total. The molecule has 0 fully saturated rings. The summed E-state index contributed by atoms with van der Waals surface area (Å²) in [6.07, 6.45) is 2.00. The average molecular weight is 262 g/mol. The lowest BCUT2D eigenvalue weighted by Gasteiger charge is -2.01. The van der Waals surface area contributed by atoms with Gasteiger partial charge in [-0.1, -0.05) is 19.4 Å². The molecule has 2 rings (SSSR count). The first-order chi connectivity index (χ1) is 8.61. The highest BCUT2D eigenvalue weighted by molar-refractivity contribution is 7.13. The summed E-state index contributed by atoms with van der Waals surface area (Å²) in [5, 5.41) is 13.7. The van der Waals surface area contributed by atoms with E-state index >= 15 is 0 Å². The highest BCUT2D eigenvalue weighted by Crippen LogP contribution is 2.30. The van der Waals surface area contributed by atoms with E-state index in [0.717, 1.165) is 34.7 Å². The fourth-order valence-corrected chi connectivity index (χ4v) is 2.69. The minimum Gasteiger partial charge on any atom is -0.258 e. The van der Waals surface area contributed by atoms with Gasteiger partial charge in [-0.05, 0) is 18.9 Å².